The molecule has 0 saturated heterocycles. The molecule has 1 N–H and O–H groups in total. The number of hydrogen-bond acceptors (Lipinski definition) is 2. The molecule has 118 valence electrons. The van der Waals surface area contributed by atoms with Gasteiger partial charge in [-0.25, -0.2) is 0 Å². The number of nitrogens with one attached hydrogen (secondary N) is 1. The summed E-state index contributed by atoms with van der Waals surface area (Å²) in [5, 5.41) is 2.94. The van der Waals surface area contributed by atoms with Gasteiger partial charge in [0.05, 0.1) is 7.11 Å². The maximum atomic E-state index is 12.3. The number of rotatable bonds is 3. The van der Waals surface area contributed by atoms with Gasteiger partial charge in [-0.2, -0.15) is 0 Å². The van der Waals surface area contributed by atoms with Gasteiger partial charge in [-0.15, -0.1) is 0 Å². The lowest BCUT2D eigenvalue weighted by Crippen LogP contribution is -2.03. The molecule has 0 aromatic heterocycles. The number of aryl methyl sites for hydroxylation is 1. The van der Waals surface area contributed by atoms with Crippen LogP contribution in [-0.2, 0) is 4.79 Å². The zero-order valence-electron chi connectivity index (χ0n) is 13.9. The van der Waals surface area contributed by atoms with Crippen molar-refractivity contribution >= 4 is 23.2 Å². The van der Waals surface area contributed by atoms with E-state index in [1.54, 1.807) is 7.11 Å². The Hall–Kier alpha value is -2.55. The van der Waals surface area contributed by atoms with E-state index in [1.807, 2.05) is 43.3 Å². The molecule has 0 atom stereocenters. The monoisotopic (exact) mass is 307 g/mol. The van der Waals surface area contributed by atoms with Crippen LogP contribution in [0.15, 0.2) is 36.4 Å². The first-order valence-electron chi connectivity index (χ1n) is 7.82. The second-order valence-corrected chi connectivity index (χ2v) is 6.17. The molecule has 3 nitrogen and oxygen atoms in total. The summed E-state index contributed by atoms with van der Waals surface area (Å²) in [5.41, 5.74) is 5.86. The second-order valence-electron chi connectivity index (χ2n) is 6.17. The maximum Gasteiger partial charge on any atom is 0.256 e. The van der Waals surface area contributed by atoms with Gasteiger partial charge in [-0.05, 0) is 53.8 Å². The Balaban J connectivity index is 2.10. The fourth-order valence-electron chi connectivity index (χ4n) is 3.03. The first kappa shape index (κ1) is 15.3. The number of carbonyl (C=O) groups is 1. The van der Waals surface area contributed by atoms with E-state index in [-0.39, 0.29) is 5.91 Å². The van der Waals surface area contributed by atoms with Gasteiger partial charge < -0.3 is 10.1 Å². The number of methoxy groups -OCH3 is 1. The van der Waals surface area contributed by atoms with Crippen LogP contribution in [0.3, 0.4) is 0 Å². The Morgan fingerprint density at radius 3 is 2.65 bits per heavy atom. The molecule has 23 heavy (non-hydrogen) atoms. The Labute approximate surface area is 137 Å². The molecule has 1 aliphatic heterocycles. The van der Waals surface area contributed by atoms with Gasteiger partial charge in [0.15, 0.2) is 0 Å². The molecule has 0 bridgehead atoms. The summed E-state index contributed by atoms with van der Waals surface area (Å²) in [4.78, 5) is 12.3. The lowest BCUT2D eigenvalue weighted by Gasteiger charge is -2.12. The molecule has 0 aliphatic carbocycles. The topological polar surface area (TPSA) is 38.3 Å². The highest BCUT2D eigenvalue weighted by atomic mass is 16.5. The molecule has 0 spiro atoms. The molecule has 1 aliphatic rings. The van der Waals surface area contributed by atoms with Crippen molar-refractivity contribution in [1.29, 1.82) is 0 Å². The van der Waals surface area contributed by atoms with Crippen molar-refractivity contribution in [2.75, 3.05) is 12.4 Å². The summed E-state index contributed by atoms with van der Waals surface area (Å²) in [5.74, 6) is 1.19. The third-order valence-corrected chi connectivity index (χ3v) is 4.22. The van der Waals surface area contributed by atoms with Crippen molar-refractivity contribution in [2.24, 2.45) is 0 Å². The largest absolute Gasteiger partial charge is 0.496 e. The molecule has 1 heterocycles. The Morgan fingerprint density at radius 2 is 1.96 bits per heavy atom. The minimum Gasteiger partial charge on any atom is -0.496 e. The maximum absolute atomic E-state index is 12.3. The fraction of sp³-hybridized carbons (Fsp3) is 0.250. The van der Waals surface area contributed by atoms with Gasteiger partial charge in [-0.3, -0.25) is 4.79 Å². The van der Waals surface area contributed by atoms with E-state index in [1.165, 1.54) is 0 Å². The van der Waals surface area contributed by atoms with Crippen LogP contribution in [0.4, 0.5) is 5.69 Å². The van der Waals surface area contributed by atoms with Crippen LogP contribution in [0.2, 0.25) is 0 Å². The quantitative estimate of drug-likeness (QED) is 0.840. The first-order chi connectivity index (χ1) is 11.0. The highest BCUT2D eigenvalue weighted by Gasteiger charge is 2.25. The average Bonchev–Trinajstić information content (AvgIpc) is 2.84. The zero-order chi connectivity index (χ0) is 16.6. The Kier molecular flexibility index (Phi) is 3.95. The molecule has 3 heteroatoms. The normalized spacial score (nSPS) is 15.0. The van der Waals surface area contributed by atoms with E-state index in [2.05, 4.69) is 25.2 Å². The standard InChI is InChI=1S/C20H21NO2/c1-12(2)15-10-14(8-9-18(15)23-4)11-16-19-13(3)6-5-7-17(19)21-20(16)22/h5-12H,1-4H3,(H,21,22)/b16-11+. The fourth-order valence-corrected chi connectivity index (χ4v) is 3.03. The minimum absolute atomic E-state index is 0.0452. The number of benzene rings is 2. The highest BCUT2D eigenvalue weighted by Crippen LogP contribution is 2.36. The molecule has 3 rings (SSSR count). The van der Waals surface area contributed by atoms with Crippen LogP contribution in [0, 0.1) is 6.92 Å². The van der Waals surface area contributed by atoms with Crippen LogP contribution in [-0.4, -0.2) is 13.0 Å². The third-order valence-electron chi connectivity index (χ3n) is 4.22. The third kappa shape index (κ3) is 2.74. The van der Waals surface area contributed by atoms with Crippen molar-refractivity contribution in [2.45, 2.75) is 26.7 Å². The van der Waals surface area contributed by atoms with Crippen molar-refractivity contribution in [1.82, 2.24) is 0 Å². The summed E-state index contributed by atoms with van der Waals surface area (Å²) in [7, 11) is 1.68. The smallest absolute Gasteiger partial charge is 0.256 e. The molecular formula is C20H21NO2. The summed E-state index contributed by atoms with van der Waals surface area (Å²) >= 11 is 0. The van der Waals surface area contributed by atoms with Crippen LogP contribution in [0.5, 0.6) is 5.75 Å². The SMILES string of the molecule is COc1ccc(/C=C2/C(=O)Nc3cccc(C)c32)cc1C(C)C. The van der Waals surface area contributed by atoms with Gasteiger partial charge >= 0.3 is 0 Å². The van der Waals surface area contributed by atoms with Crippen LogP contribution in [0.25, 0.3) is 11.6 Å². The van der Waals surface area contributed by atoms with Crippen LogP contribution >= 0.6 is 0 Å². The summed E-state index contributed by atoms with van der Waals surface area (Å²) in [6.45, 7) is 6.30. The van der Waals surface area contributed by atoms with E-state index >= 15 is 0 Å². The van der Waals surface area contributed by atoms with E-state index in [4.69, 9.17) is 4.74 Å². The van der Waals surface area contributed by atoms with E-state index in [0.29, 0.717) is 5.92 Å². The van der Waals surface area contributed by atoms with Gasteiger partial charge in [-0.1, -0.05) is 32.0 Å². The molecule has 1 amide bonds. The van der Waals surface area contributed by atoms with Crippen molar-refractivity contribution in [3.8, 4) is 5.75 Å². The van der Waals surface area contributed by atoms with Gasteiger partial charge in [0, 0.05) is 16.8 Å². The van der Waals surface area contributed by atoms with Crippen molar-refractivity contribution in [3.05, 3.63) is 58.7 Å². The predicted molar refractivity (Wildman–Crippen MR) is 94.8 cm³/mol. The Bertz CT molecular complexity index is 803. The number of amides is 1. The minimum atomic E-state index is -0.0452. The summed E-state index contributed by atoms with van der Waals surface area (Å²) in [6, 6.07) is 12.0. The van der Waals surface area contributed by atoms with E-state index < -0.39 is 0 Å². The molecule has 0 fully saturated rings. The van der Waals surface area contributed by atoms with Gasteiger partial charge in [0.25, 0.3) is 5.91 Å². The van der Waals surface area contributed by atoms with E-state index in [0.717, 1.165) is 39.3 Å². The molecule has 2 aromatic carbocycles. The predicted octanol–water partition coefficient (Wildman–Crippen LogP) is 4.62. The second kappa shape index (κ2) is 5.92. The number of hydrogen-bond donors (Lipinski definition) is 1. The molecule has 0 radical (unpaired) electrons. The number of carbonyl (C=O) groups excluding carboxylic acids is 1. The van der Waals surface area contributed by atoms with Crippen LogP contribution < -0.4 is 10.1 Å². The van der Waals surface area contributed by atoms with Crippen molar-refractivity contribution in [3.63, 3.8) is 0 Å². The van der Waals surface area contributed by atoms with Gasteiger partial charge in [0.1, 0.15) is 5.75 Å². The number of fused-ring (bicyclic) bond motifs is 1. The first-order valence-corrected chi connectivity index (χ1v) is 7.82. The number of ether oxygens (including phenoxy) is 1. The molecule has 0 unspecified atom stereocenters. The molecule has 0 saturated carbocycles. The average molecular weight is 307 g/mol. The lowest BCUT2D eigenvalue weighted by atomic mass is 9.96. The Morgan fingerprint density at radius 1 is 1.17 bits per heavy atom. The highest BCUT2D eigenvalue weighted by molar-refractivity contribution is 6.35. The number of anilines is 1. The lowest BCUT2D eigenvalue weighted by molar-refractivity contribution is -0.110. The van der Waals surface area contributed by atoms with Crippen molar-refractivity contribution < 1.29 is 9.53 Å². The van der Waals surface area contributed by atoms with Gasteiger partial charge in [0.2, 0.25) is 0 Å². The zero-order valence-corrected chi connectivity index (χ0v) is 13.9. The van der Waals surface area contributed by atoms with Crippen LogP contribution in [0.1, 0.15) is 42.0 Å². The summed E-state index contributed by atoms with van der Waals surface area (Å²) in [6.07, 6.45) is 1.96. The molecule has 2 aromatic rings. The van der Waals surface area contributed by atoms with E-state index in [9.17, 15) is 4.79 Å². The molecular weight excluding hydrogens is 286 g/mol. The summed E-state index contributed by atoms with van der Waals surface area (Å²) < 4.78 is 5.43.